The number of ether oxygens (including phenoxy) is 2. The molecule has 3 rings (SSSR count). The number of aliphatic hydroxyl groups is 1. The van der Waals surface area contributed by atoms with Gasteiger partial charge in [-0.05, 0) is 24.1 Å². The van der Waals surface area contributed by atoms with E-state index >= 15 is 0 Å². The average molecular weight is 363 g/mol. The van der Waals surface area contributed by atoms with Crippen molar-refractivity contribution in [2.45, 2.75) is 18.6 Å². The van der Waals surface area contributed by atoms with Gasteiger partial charge in [-0.15, -0.1) is 0 Å². The van der Waals surface area contributed by atoms with Crippen molar-refractivity contribution in [3.05, 3.63) is 29.8 Å². The molecule has 1 aromatic carbocycles. The van der Waals surface area contributed by atoms with Gasteiger partial charge >= 0.3 is 0 Å². The molecule has 2 saturated heterocycles. The van der Waals surface area contributed by atoms with Crippen LogP contribution < -0.4 is 10.1 Å². The third-order valence-corrected chi connectivity index (χ3v) is 5.11. The quantitative estimate of drug-likeness (QED) is 0.695. The van der Waals surface area contributed by atoms with Crippen molar-refractivity contribution < 1.29 is 19.4 Å². The summed E-state index contributed by atoms with van der Waals surface area (Å²) in [6.07, 6.45) is 0.384. The van der Waals surface area contributed by atoms with Crippen molar-refractivity contribution in [2.75, 3.05) is 59.6 Å². The van der Waals surface area contributed by atoms with E-state index < -0.39 is 6.10 Å². The fraction of sp³-hybridized carbons (Fsp3) is 0.632. The van der Waals surface area contributed by atoms with Gasteiger partial charge in [0.1, 0.15) is 5.75 Å². The van der Waals surface area contributed by atoms with Gasteiger partial charge in [-0.1, -0.05) is 12.1 Å². The molecule has 0 aromatic heterocycles. The molecule has 0 saturated carbocycles. The predicted octanol–water partition coefficient (Wildman–Crippen LogP) is -0.269. The zero-order valence-electron chi connectivity index (χ0n) is 15.4. The van der Waals surface area contributed by atoms with Gasteiger partial charge < -0.3 is 19.9 Å². The van der Waals surface area contributed by atoms with E-state index in [1.54, 1.807) is 7.11 Å². The van der Waals surface area contributed by atoms with Crippen molar-refractivity contribution in [2.24, 2.45) is 0 Å². The summed E-state index contributed by atoms with van der Waals surface area (Å²) in [6, 6.07) is 7.97. The largest absolute Gasteiger partial charge is 0.497 e. The maximum absolute atomic E-state index is 12.2. The molecule has 0 aliphatic carbocycles. The number of nitrogens with zero attached hydrogens (tertiary/aromatic N) is 2. The summed E-state index contributed by atoms with van der Waals surface area (Å²) < 4.78 is 10.5. The molecule has 2 heterocycles. The highest BCUT2D eigenvalue weighted by molar-refractivity contribution is 5.78. The number of hydrogen-bond donors (Lipinski definition) is 2. The molecule has 2 fully saturated rings. The van der Waals surface area contributed by atoms with Gasteiger partial charge in [-0.3, -0.25) is 14.6 Å². The Balaban J connectivity index is 1.37. The summed E-state index contributed by atoms with van der Waals surface area (Å²) >= 11 is 0. The minimum absolute atomic E-state index is 0.00772. The van der Waals surface area contributed by atoms with Gasteiger partial charge in [0.2, 0.25) is 5.91 Å². The summed E-state index contributed by atoms with van der Waals surface area (Å²) in [5.41, 5.74) is 1.16. The van der Waals surface area contributed by atoms with Gasteiger partial charge in [0.25, 0.3) is 0 Å². The SMILES string of the molecule is COc1ccc(CCNC(=O)CN2C[C@H](O)[C@@H](N3CCOCC3)C2)cc1. The standard InChI is InChI=1S/C19H29N3O4/c1-25-16-4-2-15(3-5-16)6-7-20-19(24)14-21-12-17(18(23)13-21)22-8-10-26-11-9-22/h2-5,17-18,23H,6-14H2,1H3,(H,20,24)/t17-,18-/m0/s1. The third-order valence-electron chi connectivity index (χ3n) is 5.11. The number of likely N-dealkylation sites (tertiary alicyclic amines) is 1. The Bertz CT molecular complexity index is 575. The maximum Gasteiger partial charge on any atom is 0.234 e. The number of hydrogen-bond acceptors (Lipinski definition) is 6. The Labute approximate surface area is 154 Å². The van der Waals surface area contributed by atoms with Crippen LogP contribution in [-0.2, 0) is 16.0 Å². The van der Waals surface area contributed by atoms with E-state index in [9.17, 15) is 9.90 Å². The lowest BCUT2D eigenvalue weighted by Crippen LogP contribution is -2.49. The number of methoxy groups -OCH3 is 1. The number of nitrogens with one attached hydrogen (secondary N) is 1. The number of amides is 1. The topological polar surface area (TPSA) is 74.3 Å². The Kier molecular flexibility index (Phi) is 6.85. The van der Waals surface area contributed by atoms with E-state index in [4.69, 9.17) is 9.47 Å². The highest BCUT2D eigenvalue weighted by atomic mass is 16.5. The second-order valence-electron chi connectivity index (χ2n) is 6.93. The average Bonchev–Trinajstić information content (AvgIpc) is 3.03. The monoisotopic (exact) mass is 363 g/mol. The minimum atomic E-state index is -0.403. The number of rotatable bonds is 7. The minimum Gasteiger partial charge on any atom is -0.497 e. The molecule has 2 aliphatic rings. The van der Waals surface area contributed by atoms with E-state index in [1.165, 1.54) is 0 Å². The Morgan fingerprint density at radius 2 is 2.00 bits per heavy atom. The Hall–Kier alpha value is -1.67. The highest BCUT2D eigenvalue weighted by Gasteiger charge is 2.36. The van der Waals surface area contributed by atoms with Gasteiger partial charge in [-0.25, -0.2) is 0 Å². The molecule has 0 radical (unpaired) electrons. The fourth-order valence-electron chi connectivity index (χ4n) is 3.64. The number of carbonyl (C=O) groups is 1. The molecule has 2 aliphatic heterocycles. The molecule has 7 heteroatoms. The number of aliphatic hydroxyl groups excluding tert-OH is 1. The summed E-state index contributed by atoms with van der Waals surface area (Å²) in [6.45, 7) is 5.35. The summed E-state index contributed by atoms with van der Waals surface area (Å²) in [4.78, 5) is 16.5. The van der Waals surface area contributed by atoms with Crippen molar-refractivity contribution in [3.63, 3.8) is 0 Å². The first kappa shape index (κ1) is 19.1. The maximum atomic E-state index is 12.2. The molecule has 1 amide bonds. The molecular weight excluding hydrogens is 334 g/mol. The van der Waals surface area contributed by atoms with Crippen LogP contribution >= 0.6 is 0 Å². The van der Waals surface area contributed by atoms with Gasteiger partial charge in [0.05, 0.1) is 33.0 Å². The highest BCUT2D eigenvalue weighted by Crippen LogP contribution is 2.17. The van der Waals surface area contributed by atoms with E-state index in [0.29, 0.717) is 19.6 Å². The Morgan fingerprint density at radius 1 is 1.27 bits per heavy atom. The van der Waals surface area contributed by atoms with Crippen LogP contribution in [0.5, 0.6) is 5.75 Å². The second kappa shape index (κ2) is 9.32. The molecule has 26 heavy (non-hydrogen) atoms. The molecular formula is C19H29N3O4. The summed E-state index contributed by atoms with van der Waals surface area (Å²) in [5, 5.41) is 13.3. The lowest BCUT2D eigenvalue weighted by molar-refractivity contribution is -0.122. The zero-order chi connectivity index (χ0) is 18.4. The lowest BCUT2D eigenvalue weighted by atomic mass is 10.1. The van der Waals surface area contributed by atoms with Crippen LogP contribution in [0.2, 0.25) is 0 Å². The lowest BCUT2D eigenvalue weighted by Gasteiger charge is -2.33. The van der Waals surface area contributed by atoms with Crippen LogP contribution in [0.15, 0.2) is 24.3 Å². The van der Waals surface area contributed by atoms with Crippen LogP contribution in [0.1, 0.15) is 5.56 Å². The van der Waals surface area contributed by atoms with Gasteiger partial charge in [-0.2, -0.15) is 0 Å². The van der Waals surface area contributed by atoms with Crippen LogP contribution in [-0.4, -0.2) is 92.6 Å². The smallest absolute Gasteiger partial charge is 0.234 e. The number of benzene rings is 1. The number of carbonyl (C=O) groups excluding carboxylic acids is 1. The van der Waals surface area contributed by atoms with Crippen LogP contribution in [0.25, 0.3) is 0 Å². The first-order valence-corrected chi connectivity index (χ1v) is 9.27. The van der Waals surface area contributed by atoms with Crippen molar-refractivity contribution >= 4 is 5.91 Å². The van der Waals surface area contributed by atoms with Crippen LogP contribution in [0.3, 0.4) is 0 Å². The third kappa shape index (κ3) is 5.17. The van der Waals surface area contributed by atoms with E-state index in [-0.39, 0.29) is 11.9 Å². The van der Waals surface area contributed by atoms with Crippen molar-refractivity contribution in [3.8, 4) is 5.75 Å². The molecule has 7 nitrogen and oxygen atoms in total. The summed E-state index contributed by atoms with van der Waals surface area (Å²) in [5.74, 6) is 0.841. The number of β-amino-alcohol motifs (C(OH)–C–C–N with tert-alkyl or cyclic N) is 1. The predicted molar refractivity (Wildman–Crippen MR) is 98.3 cm³/mol. The zero-order valence-corrected chi connectivity index (χ0v) is 15.4. The summed E-state index contributed by atoms with van der Waals surface area (Å²) in [7, 11) is 1.65. The Morgan fingerprint density at radius 3 is 2.69 bits per heavy atom. The molecule has 2 N–H and O–H groups in total. The molecule has 2 atom stereocenters. The van der Waals surface area contributed by atoms with Gasteiger partial charge in [0, 0.05) is 38.8 Å². The fourth-order valence-corrected chi connectivity index (χ4v) is 3.64. The van der Waals surface area contributed by atoms with E-state index in [2.05, 4.69) is 10.2 Å². The second-order valence-corrected chi connectivity index (χ2v) is 6.93. The molecule has 0 bridgehead atoms. The van der Waals surface area contributed by atoms with E-state index in [1.807, 2.05) is 29.2 Å². The van der Waals surface area contributed by atoms with Crippen LogP contribution in [0, 0.1) is 0 Å². The molecule has 144 valence electrons. The molecule has 0 unspecified atom stereocenters. The first-order chi connectivity index (χ1) is 12.7. The number of morpholine rings is 1. The van der Waals surface area contributed by atoms with Crippen molar-refractivity contribution in [1.29, 1.82) is 0 Å². The van der Waals surface area contributed by atoms with Crippen LogP contribution in [0.4, 0.5) is 0 Å². The van der Waals surface area contributed by atoms with Crippen molar-refractivity contribution in [1.82, 2.24) is 15.1 Å². The first-order valence-electron chi connectivity index (χ1n) is 9.27. The normalized spacial score (nSPS) is 24.5. The van der Waals surface area contributed by atoms with Gasteiger partial charge in [0.15, 0.2) is 0 Å². The molecule has 1 aromatic rings. The van der Waals surface area contributed by atoms with E-state index in [0.717, 1.165) is 50.6 Å². The molecule has 0 spiro atoms.